The van der Waals surface area contributed by atoms with Crippen molar-refractivity contribution in [3.8, 4) is 12.3 Å². The third kappa shape index (κ3) is 22.3. The van der Waals surface area contributed by atoms with Crippen LogP contribution in [0.1, 0.15) is 54.4 Å². The molecule has 0 saturated carbocycles. The molecule has 1 heterocycles. The first-order chi connectivity index (χ1) is 7.93. The van der Waals surface area contributed by atoms with Gasteiger partial charge in [0.15, 0.2) is 0 Å². The standard InChI is InChI=1S/C8H12NO.3C2H6.Y/c1-2-7-10-8-3-5-9-6-4-8;3*1-2;/h1,8H,3-7H2;3*1-2H3;/q-1;;;;. The van der Waals surface area contributed by atoms with Crippen LogP contribution in [0, 0.1) is 12.3 Å². The fourth-order valence-corrected chi connectivity index (χ4v) is 1.06. The molecule has 0 aliphatic carbocycles. The summed E-state index contributed by atoms with van der Waals surface area (Å²) in [5.74, 6) is 2.46. The second-order valence-corrected chi connectivity index (χ2v) is 2.39. The van der Waals surface area contributed by atoms with Crippen LogP contribution in [0.5, 0.6) is 0 Å². The Labute approximate surface area is 135 Å². The van der Waals surface area contributed by atoms with Gasteiger partial charge in [-0.25, -0.2) is 0 Å². The van der Waals surface area contributed by atoms with Crippen molar-refractivity contribution < 1.29 is 37.4 Å². The van der Waals surface area contributed by atoms with Crippen molar-refractivity contribution in [1.29, 1.82) is 0 Å². The van der Waals surface area contributed by atoms with Crippen molar-refractivity contribution in [3.63, 3.8) is 0 Å². The van der Waals surface area contributed by atoms with Gasteiger partial charge in [0.05, 0.1) is 6.10 Å². The maximum atomic E-state index is 5.34. The Morgan fingerprint density at radius 1 is 1.06 bits per heavy atom. The number of nitrogens with zero attached hydrogens (tertiary/aromatic N) is 1. The third-order valence-electron chi connectivity index (χ3n) is 1.62. The van der Waals surface area contributed by atoms with Gasteiger partial charge in [-0.3, -0.25) is 0 Å². The Kier molecular flexibility index (Phi) is 46.3. The Morgan fingerprint density at radius 2 is 1.47 bits per heavy atom. The minimum atomic E-state index is 0. The van der Waals surface area contributed by atoms with Crippen LogP contribution in [0.3, 0.4) is 0 Å². The van der Waals surface area contributed by atoms with Crippen LogP contribution in [-0.2, 0) is 37.4 Å². The first-order valence-electron chi connectivity index (χ1n) is 6.62. The van der Waals surface area contributed by atoms with E-state index in [0.29, 0.717) is 12.7 Å². The predicted molar refractivity (Wildman–Crippen MR) is 74.9 cm³/mol. The Balaban J connectivity index is -0.000000106. The van der Waals surface area contributed by atoms with Gasteiger partial charge in [-0.1, -0.05) is 47.5 Å². The van der Waals surface area contributed by atoms with Crippen LogP contribution >= 0.6 is 0 Å². The van der Waals surface area contributed by atoms with E-state index in [0.717, 1.165) is 25.9 Å². The van der Waals surface area contributed by atoms with Crippen molar-refractivity contribution in [2.75, 3.05) is 19.7 Å². The number of terminal acetylenes is 1. The molecule has 101 valence electrons. The van der Waals surface area contributed by atoms with Crippen LogP contribution in [0.15, 0.2) is 0 Å². The van der Waals surface area contributed by atoms with Crippen molar-refractivity contribution in [2.24, 2.45) is 0 Å². The molecule has 1 rings (SSSR count). The van der Waals surface area contributed by atoms with E-state index in [4.69, 9.17) is 11.2 Å². The van der Waals surface area contributed by atoms with E-state index >= 15 is 0 Å². The van der Waals surface area contributed by atoms with Gasteiger partial charge >= 0.3 is 0 Å². The zero-order valence-corrected chi connectivity index (χ0v) is 15.5. The van der Waals surface area contributed by atoms with Gasteiger partial charge in [0, 0.05) is 32.7 Å². The number of hydrogen-bond donors (Lipinski definition) is 0. The van der Waals surface area contributed by atoms with E-state index in [2.05, 4.69) is 11.2 Å². The van der Waals surface area contributed by atoms with E-state index in [1.54, 1.807) is 0 Å². The summed E-state index contributed by atoms with van der Waals surface area (Å²) in [5, 5.41) is 4.20. The molecule has 1 radical (unpaired) electrons. The fourth-order valence-electron chi connectivity index (χ4n) is 1.06. The molecule has 0 N–H and O–H groups in total. The van der Waals surface area contributed by atoms with Gasteiger partial charge in [0.1, 0.15) is 6.61 Å². The second kappa shape index (κ2) is 30.0. The topological polar surface area (TPSA) is 23.3 Å². The summed E-state index contributed by atoms with van der Waals surface area (Å²) in [4.78, 5) is 0. The van der Waals surface area contributed by atoms with Gasteiger partial charge in [-0.15, -0.1) is 19.5 Å². The second-order valence-electron chi connectivity index (χ2n) is 2.39. The minimum Gasteiger partial charge on any atom is -0.662 e. The molecule has 0 aromatic carbocycles. The average Bonchev–Trinajstić information content (AvgIpc) is 2.44. The molecule has 0 aromatic rings. The van der Waals surface area contributed by atoms with Gasteiger partial charge < -0.3 is 10.1 Å². The van der Waals surface area contributed by atoms with Crippen LogP contribution in [0.2, 0.25) is 0 Å². The Morgan fingerprint density at radius 3 is 1.82 bits per heavy atom. The van der Waals surface area contributed by atoms with Gasteiger partial charge in [-0.05, 0) is 12.8 Å². The molecule has 0 bridgehead atoms. The molecule has 0 aromatic heterocycles. The summed E-state index contributed by atoms with van der Waals surface area (Å²) in [5.41, 5.74) is 0. The molecule has 2 nitrogen and oxygen atoms in total. The summed E-state index contributed by atoms with van der Waals surface area (Å²) in [6, 6.07) is 0. The summed E-state index contributed by atoms with van der Waals surface area (Å²) in [7, 11) is 0. The first kappa shape index (κ1) is 26.2. The zero-order valence-electron chi connectivity index (χ0n) is 12.6. The van der Waals surface area contributed by atoms with Crippen LogP contribution in [0.25, 0.3) is 5.32 Å². The number of rotatable bonds is 2. The van der Waals surface area contributed by atoms with E-state index in [-0.39, 0.29) is 32.7 Å². The SMILES string of the molecule is C#CCOC1CC[N-]CC1.CC.CC.CC.[Y]. The smallest absolute Gasteiger partial charge is 0.107 e. The van der Waals surface area contributed by atoms with E-state index in [9.17, 15) is 0 Å². The summed E-state index contributed by atoms with van der Waals surface area (Å²) in [6.45, 7) is 14.3. The van der Waals surface area contributed by atoms with E-state index in [1.807, 2.05) is 41.5 Å². The quantitative estimate of drug-likeness (QED) is 0.698. The summed E-state index contributed by atoms with van der Waals surface area (Å²) in [6.07, 6.45) is 7.50. The minimum absolute atomic E-state index is 0. The van der Waals surface area contributed by atoms with Crippen molar-refractivity contribution in [3.05, 3.63) is 5.32 Å². The molecule has 17 heavy (non-hydrogen) atoms. The van der Waals surface area contributed by atoms with Crippen LogP contribution in [-0.4, -0.2) is 25.8 Å². The van der Waals surface area contributed by atoms with Crippen molar-refractivity contribution in [1.82, 2.24) is 0 Å². The number of hydrogen-bond acceptors (Lipinski definition) is 1. The van der Waals surface area contributed by atoms with Gasteiger partial charge in [-0.2, -0.15) is 0 Å². The number of ether oxygens (including phenoxy) is 1. The molecule has 0 spiro atoms. The first-order valence-corrected chi connectivity index (χ1v) is 6.62. The molecule has 1 fully saturated rings. The molecule has 1 aliphatic heterocycles. The number of piperidine rings is 1. The van der Waals surface area contributed by atoms with Crippen molar-refractivity contribution >= 4 is 0 Å². The molecule has 0 atom stereocenters. The molecule has 0 amide bonds. The Hall–Kier alpha value is 0.584. The summed E-state index contributed by atoms with van der Waals surface area (Å²) < 4.78 is 5.34. The molecule has 1 aliphatic rings. The van der Waals surface area contributed by atoms with Crippen LogP contribution in [0.4, 0.5) is 0 Å². The van der Waals surface area contributed by atoms with Gasteiger partial charge in [0.2, 0.25) is 0 Å². The summed E-state index contributed by atoms with van der Waals surface area (Å²) >= 11 is 0. The normalized spacial score (nSPS) is 13.0. The third-order valence-corrected chi connectivity index (χ3v) is 1.62. The molecular weight excluding hydrogens is 287 g/mol. The Bertz CT molecular complexity index is 129. The fraction of sp³-hybridized carbons (Fsp3) is 0.857. The molecule has 0 unspecified atom stereocenters. The molecular formula is C14H30NOY-. The van der Waals surface area contributed by atoms with Crippen LogP contribution < -0.4 is 0 Å². The van der Waals surface area contributed by atoms with Crippen molar-refractivity contribution in [2.45, 2.75) is 60.5 Å². The van der Waals surface area contributed by atoms with E-state index in [1.165, 1.54) is 0 Å². The average molecular weight is 317 g/mol. The van der Waals surface area contributed by atoms with E-state index < -0.39 is 0 Å². The maximum absolute atomic E-state index is 5.34. The van der Waals surface area contributed by atoms with Gasteiger partial charge in [0.25, 0.3) is 0 Å². The predicted octanol–water partition coefficient (Wildman–Crippen LogP) is 4.25. The largest absolute Gasteiger partial charge is 0.662 e. The monoisotopic (exact) mass is 317 g/mol. The molecule has 1 saturated heterocycles. The zero-order chi connectivity index (χ0) is 13.2. The molecule has 3 heteroatoms. The maximum Gasteiger partial charge on any atom is 0.107 e.